The van der Waals surface area contributed by atoms with Gasteiger partial charge in [-0.1, -0.05) is 22.0 Å². The molecule has 1 aliphatic heterocycles. The maximum atomic E-state index is 12.3. The van der Waals surface area contributed by atoms with Crippen LogP contribution in [0.25, 0.3) is 0 Å². The smallest absolute Gasteiger partial charge is 0.241 e. The fourth-order valence-corrected chi connectivity index (χ4v) is 2.94. The fourth-order valence-electron chi connectivity index (χ4n) is 2.54. The highest BCUT2D eigenvalue weighted by atomic mass is 79.9. The first-order valence-electron chi connectivity index (χ1n) is 6.96. The molecule has 1 heterocycles. The molecule has 4 nitrogen and oxygen atoms in total. The highest BCUT2D eigenvalue weighted by Gasteiger charge is 2.31. The van der Waals surface area contributed by atoms with Gasteiger partial charge in [0.05, 0.1) is 12.1 Å². The van der Waals surface area contributed by atoms with E-state index in [0.29, 0.717) is 0 Å². The van der Waals surface area contributed by atoms with Crippen molar-refractivity contribution in [3.05, 3.63) is 28.7 Å². The molecule has 0 aliphatic carbocycles. The van der Waals surface area contributed by atoms with Gasteiger partial charge in [-0.2, -0.15) is 0 Å². The van der Waals surface area contributed by atoms with E-state index in [1.165, 1.54) is 0 Å². The van der Waals surface area contributed by atoms with Crippen LogP contribution in [-0.4, -0.2) is 41.1 Å². The van der Waals surface area contributed by atoms with Crippen LogP contribution in [0.1, 0.15) is 20.3 Å². The van der Waals surface area contributed by atoms with E-state index in [-0.39, 0.29) is 24.0 Å². The van der Waals surface area contributed by atoms with Gasteiger partial charge in [-0.15, -0.1) is 0 Å². The molecule has 0 radical (unpaired) electrons. The molecular weight excluding hydrogens is 320 g/mol. The molecule has 2 rings (SSSR count). The number of halogens is 1. The predicted octanol–water partition coefficient (Wildman–Crippen LogP) is 2.48. The minimum Gasteiger partial charge on any atom is -0.393 e. The molecule has 0 saturated carbocycles. The summed E-state index contributed by atoms with van der Waals surface area (Å²) in [5.41, 5.74) is 0.794. The van der Waals surface area contributed by atoms with Crippen LogP contribution < -0.4 is 5.32 Å². The number of aliphatic hydroxyl groups excluding tert-OH is 1. The number of amides is 1. The van der Waals surface area contributed by atoms with Crippen molar-refractivity contribution in [2.75, 3.05) is 18.4 Å². The molecular formula is C15H21BrN2O2. The number of carbonyl (C=O) groups excluding carboxylic acids is 1. The number of aliphatic hydroxyl groups is 1. The molecule has 2 N–H and O–H groups in total. The standard InChI is InChI=1S/C15H21BrN2O2/c1-10(18-7-6-12(9-18)11(2)19)15(20)17-14-5-3-4-13(16)8-14/h3-5,8,10-12,19H,6-7,9H2,1-2H3,(H,17,20). The highest BCUT2D eigenvalue weighted by molar-refractivity contribution is 9.10. The first-order valence-corrected chi connectivity index (χ1v) is 7.75. The fraction of sp³-hybridized carbons (Fsp3) is 0.533. The maximum absolute atomic E-state index is 12.3. The summed E-state index contributed by atoms with van der Waals surface area (Å²) in [7, 11) is 0. The van der Waals surface area contributed by atoms with Crippen LogP contribution in [0.2, 0.25) is 0 Å². The molecule has 1 amide bonds. The van der Waals surface area contributed by atoms with Crippen LogP contribution in [0.15, 0.2) is 28.7 Å². The lowest BCUT2D eigenvalue weighted by Gasteiger charge is -2.24. The predicted molar refractivity (Wildman–Crippen MR) is 83.6 cm³/mol. The summed E-state index contributed by atoms with van der Waals surface area (Å²) < 4.78 is 0.943. The number of carbonyl (C=O) groups is 1. The number of nitrogens with zero attached hydrogens (tertiary/aromatic N) is 1. The number of benzene rings is 1. The second-order valence-corrected chi connectivity index (χ2v) is 6.38. The minimum absolute atomic E-state index is 0.00524. The third-order valence-electron chi connectivity index (χ3n) is 3.96. The van der Waals surface area contributed by atoms with Gasteiger partial charge in [-0.05, 0) is 50.9 Å². The Hall–Kier alpha value is -0.910. The van der Waals surface area contributed by atoms with Crippen molar-refractivity contribution >= 4 is 27.5 Å². The summed E-state index contributed by atoms with van der Waals surface area (Å²) in [6.45, 7) is 5.38. The van der Waals surface area contributed by atoms with E-state index in [1.54, 1.807) is 0 Å². The van der Waals surface area contributed by atoms with Crippen LogP contribution in [0, 0.1) is 5.92 Å². The molecule has 0 aromatic heterocycles. The molecule has 1 aromatic carbocycles. The zero-order chi connectivity index (χ0) is 14.7. The zero-order valence-corrected chi connectivity index (χ0v) is 13.4. The lowest BCUT2D eigenvalue weighted by molar-refractivity contribution is -0.120. The van der Waals surface area contributed by atoms with E-state index in [0.717, 1.165) is 29.7 Å². The Bertz CT molecular complexity index is 479. The average molecular weight is 341 g/mol. The first-order chi connectivity index (χ1) is 9.47. The Morgan fingerprint density at radius 3 is 2.85 bits per heavy atom. The Morgan fingerprint density at radius 1 is 1.50 bits per heavy atom. The Morgan fingerprint density at radius 2 is 2.25 bits per heavy atom. The van der Waals surface area contributed by atoms with Crippen molar-refractivity contribution < 1.29 is 9.90 Å². The van der Waals surface area contributed by atoms with Crippen LogP contribution in [-0.2, 0) is 4.79 Å². The van der Waals surface area contributed by atoms with E-state index in [9.17, 15) is 9.90 Å². The monoisotopic (exact) mass is 340 g/mol. The maximum Gasteiger partial charge on any atom is 0.241 e. The van der Waals surface area contributed by atoms with Gasteiger partial charge < -0.3 is 10.4 Å². The summed E-state index contributed by atoms with van der Waals surface area (Å²) in [5.74, 6) is 0.269. The van der Waals surface area contributed by atoms with E-state index in [2.05, 4.69) is 26.1 Å². The van der Waals surface area contributed by atoms with Gasteiger partial charge in [-0.25, -0.2) is 0 Å². The molecule has 0 spiro atoms. The third-order valence-corrected chi connectivity index (χ3v) is 4.45. The van der Waals surface area contributed by atoms with Crippen LogP contribution in [0.3, 0.4) is 0 Å². The SMILES string of the molecule is CC(O)C1CCN(C(C)C(=O)Nc2cccc(Br)c2)C1. The van der Waals surface area contributed by atoms with E-state index < -0.39 is 0 Å². The summed E-state index contributed by atoms with van der Waals surface area (Å²) in [4.78, 5) is 14.4. The van der Waals surface area contributed by atoms with E-state index in [4.69, 9.17) is 0 Å². The number of likely N-dealkylation sites (tertiary alicyclic amines) is 1. The van der Waals surface area contributed by atoms with Crippen molar-refractivity contribution in [2.24, 2.45) is 5.92 Å². The van der Waals surface area contributed by atoms with Crippen molar-refractivity contribution in [1.29, 1.82) is 0 Å². The second-order valence-electron chi connectivity index (χ2n) is 5.46. The largest absolute Gasteiger partial charge is 0.393 e. The summed E-state index contributed by atoms with van der Waals surface area (Å²) in [6, 6.07) is 7.39. The second kappa shape index (κ2) is 6.70. The van der Waals surface area contributed by atoms with Gasteiger partial charge in [0, 0.05) is 16.7 Å². The third kappa shape index (κ3) is 3.81. The number of anilines is 1. The van der Waals surface area contributed by atoms with Crippen LogP contribution in [0.4, 0.5) is 5.69 Å². The van der Waals surface area contributed by atoms with Gasteiger partial charge in [-0.3, -0.25) is 9.69 Å². The Kier molecular flexibility index (Phi) is 5.18. The molecule has 1 saturated heterocycles. The van der Waals surface area contributed by atoms with Crippen molar-refractivity contribution in [2.45, 2.75) is 32.4 Å². The van der Waals surface area contributed by atoms with Gasteiger partial charge in [0.25, 0.3) is 0 Å². The van der Waals surface area contributed by atoms with Crippen molar-refractivity contribution in [3.8, 4) is 0 Å². The van der Waals surface area contributed by atoms with Crippen molar-refractivity contribution in [1.82, 2.24) is 4.90 Å². The molecule has 1 fully saturated rings. The van der Waals surface area contributed by atoms with Crippen LogP contribution in [0.5, 0.6) is 0 Å². The lowest BCUT2D eigenvalue weighted by Crippen LogP contribution is -2.41. The van der Waals surface area contributed by atoms with Gasteiger partial charge >= 0.3 is 0 Å². The topological polar surface area (TPSA) is 52.6 Å². The Balaban J connectivity index is 1.93. The Labute approximate surface area is 128 Å². The number of hydrogen-bond acceptors (Lipinski definition) is 3. The average Bonchev–Trinajstić information content (AvgIpc) is 2.87. The van der Waals surface area contributed by atoms with Gasteiger partial charge in [0.15, 0.2) is 0 Å². The molecule has 1 aromatic rings. The number of hydrogen-bond donors (Lipinski definition) is 2. The molecule has 5 heteroatoms. The molecule has 3 atom stereocenters. The molecule has 1 aliphatic rings. The molecule has 3 unspecified atom stereocenters. The van der Waals surface area contributed by atoms with Gasteiger partial charge in [0.2, 0.25) is 5.91 Å². The first kappa shape index (κ1) is 15.5. The zero-order valence-electron chi connectivity index (χ0n) is 11.8. The quantitative estimate of drug-likeness (QED) is 0.885. The summed E-state index contributed by atoms with van der Waals surface area (Å²) in [5, 5.41) is 12.6. The summed E-state index contributed by atoms with van der Waals surface area (Å²) in [6.07, 6.45) is 0.645. The van der Waals surface area contributed by atoms with Crippen LogP contribution >= 0.6 is 15.9 Å². The lowest BCUT2D eigenvalue weighted by atomic mass is 10.0. The van der Waals surface area contributed by atoms with Gasteiger partial charge in [0.1, 0.15) is 0 Å². The number of rotatable bonds is 4. The summed E-state index contributed by atoms with van der Waals surface area (Å²) >= 11 is 3.39. The van der Waals surface area contributed by atoms with Crippen molar-refractivity contribution in [3.63, 3.8) is 0 Å². The van der Waals surface area contributed by atoms with E-state index >= 15 is 0 Å². The molecule has 110 valence electrons. The molecule has 0 bridgehead atoms. The highest BCUT2D eigenvalue weighted by Crippen LogP contribution is 2.22. The van der Waals surface area contributed by atoms with E-state index in [1.807, 2.05) is 38.1 Å². The number of nitrogens with one attached hydrogen (secondary N) is 1. The molecule has 20 heavy (non-hydrogen) atoms. The normalized spacial score (nSPS) is 22.5. The minimum atomic E-state index is -0.305.